The fourth-order valence-electron chi connectivity index (χ4n) is 2.78. The molecule has 10 heteroatoms. The maximum atomic E-state index is 13.4. The van der Waals surface area contributed by atoms with Gasteiger partial charge in [-0.2, -0.15) is 0 Å². The number of thiophene rings is 1. The van der Waals surface area contributed by atoms with Gasteiger partial charge in [-0.25, -0.2) is 8.42 Å². The van der Waals surface area contributed by atoms with Crippen molar-refractivity contribution >= 4 is 70.4 Å². The third-order valence-electron chi connectivity index (χ3n) is 4.28. The van der Waals surface area contributed by atoms with E-state index in [1.165, 1.54) is 35.6 Å². The standard InChI is InChI=1S/C21H15ClINO5S2/c1-13-2-11-18(30-13)19(23)21(20(25)15-5-9-17(10-6-15)24(26)27)31(28,29)12-14-3-7-16(22)8-4-14/h2-11H,12H2,1H3. The van der Waals surface area contributed by atoms with Crippen molar-refractivity contribution in [3.05, 3.63) is 102 Å². The molecule has 3 aromatic rings. The first kappa shape index (κ1) is 23.6. The van der Waals surface area contributed by atoms with E-state index >= 15 is 0 Å². The smallest absolute Gasteiger partial charge is 0.269 e. The van der Waals surface area contributed by atoms with Gasteiger partial charge in [0.15, 0.2) is 9.84 Å². The van der Waals surface area contributed by atoms with Crippen LogP contribution < -0.4 is 0 Å². The zero-order valence-corrected chi connectivity index (χ0v) is 20.6. The molecular weight excluding hydrogens is 573 g/mol. The van der Waals surface area contributed by atoms with Crippen LogP contribution in [0.3, 0.4) is 0 Å². The van der Waals surface area contributed by atoms with Crippen molar-refractivity contribution in [1.29, 1.82) is 0 Å². The number of non-ortho nitro benzene ring substituents is 1. The number of benzene rings is 2. The van der Waals surface area contributed by atoms with Crippen LogP contribution in [0.15, 0.2) is 65.6 Å². The Balaban J connectivity index is 2.11. The molecule has 0 aliphatic rings. The zero-order valence-electron chi connectivity index (χ0n) is 16.0. The summed E-state index contributed by atoms with van der Waals surface area (Å²) in [5, 5.41) is 11.4. The summed E-state index contributed by atoms with van der Waals surface area (Å²) in [6, 6.07) is 14.9. The first-order chi connectivity index (χ1) is 14.6. The number of nitro groups is 1. The molecule has 0 aliphatic carbocycles. The minimum Gasteiger partial charge on any atom is -0.288 e. The molecule has 6 nitrogen and oxygen atoms in total. The summed E-state index contributed by atoms with van der Waals surface area (Å²) in [7, 11) is -4.05. The van der Waals surface area contributed by atoms with Crippen LogP contribution in [0.1, 0.15) is 25.7 Å². The lowest BCUT2D eigenvalue weighted by molar-refractivity contribution is -0.384. The van der Waals surface area contributed by atoms with Crippen LogP contribution in [0.4, 0.5) is 5.69 Å². The van der Waals surface area contributed by atoms with Gasteiger partial charge >= 0.3 is 0 Å². The van der Waals surface area contributed by atoms with Crippen molar-refractivity contribution in [3.8, 4) is 0 Å². The lowest BCUT2D eigenvalue weighted by atomic mass is 10.1. The van der Waals surface area contributed by atoms with Crippen LogP contribution in [0, 0.1) is 17.0 Å². The molecule has 31 heavy (non-hydrogen) atoms. The maximum Gasteiger partial charge on any atom is 0.269 e. The minimum atomic E-state index is -4.05. The fraction of sp³-hybridized carbons (Fsp3) is 0.0952. The Kier molecular flexibility index (Phi) is 7.30. The van der Waals surface area contributed by atoms with Crippen LogP contribution in [-0.2, 0) is 15.6 Å². The molecule has 0 N–H and O–H groups in total. The number of Topliss-reactive ketones (excluding diaryl/α,β-unsaturated/α-hetero) is 1. The van der Waals surface area contributed by atoms with Crippen LogP contribution in [0.25, 0.3) is 3.58 Å². The van der Waals surface area contributed by atoms with Gasteiger partial charge in [0.2, 0.25) is 5.78 Å². The Morgan fingerprint density at radius 1 is 1.06 bits per heavy atom. The lowest BCUT2D eigenvalue weighted by Gasteiger charge is -2.12. The molecule has 160 valence electrons. The van der Waals surface area contributed by atoms with Gasteiger partial charge in [0.1, 0.15) is 4.91 Å². The van der Waals surface area contributed by atoms with E-state index in [4.69, 9.17) is 11.6 Å². The number of ketones is 1. The highest BCUT2D eigenvalue weighted by Gasteiger charge is 2.30. The molecule has 0 fully saturated rings. The van der Waals surface area contributed by atoms with E-state index in [2.05, 4.69) is 0 Å². The van der Waals surface area contributed by atoms with E-state index in [1.807, 2.05) is 35.6 Å². The molecule has 3 rings (SSSR count). The van der Waals surface area contributed by atoms with Crippen molar-refractivity contribution in [2.75, 3.05) is 0 Å². The third-order valence-corrected chi connectivity index (χ3v) is 9.13. The Morgan fingerprint density at radius 2 is 1.68 bits per heavy atom. The molecule has 0 bridgehead atoms. The second-order valence-corrected chi connectivity index (χ2v) is 11.3. The van der Waals surface area contributed by atoms with Crippen LogP contribution in [0.2, 0.25) is 5.02 Å². The maximum absolute atomic E-state index is 13.4. The number of hydrogen-bond donors (Lipinski definition) is 0. The van der Waals surface area contributed by atoms with Crippen LogP contribution >= 0.6 is 45.5 Å². The molecule has 0 unspecified atom stereocenters. The zero-order chi connectivity index (χ0) is 22.8. The minimum absolute atomic E-state index is 0.0581. The van der Waals surface area contributed by atoms with Crippen molar-refractivity contribution in [2.24, 2.45) is 0 Å². The molecule has 1 heterocycles. The van der Waals surface area contributed by atoms with Gasteiger partial charge in [-0.3, -0.25) is 14.9 Å². The Bertz CT molecular complexity index is 1280. The molecule has 0 spiro atoms. The third kappa shape index (κ3) is 5.59. The quantitative estimate of drug-likeness (QED) is 0.108. The molecule has 1 aromatic heterocycles. The highest BCUT2D eigenvalue weighted by atomic mass is 127. The fourth-order valence-corrected chi connectivity index (χ4v) is 7.10. The summed E-state index contributed by atoms with van der Waals surface area (Å²) < 4.78 is 27.1. The summed E-state index contributed by atoms with van der Waals surface area (Å²) >= 11 is 9.14. The normalized spacial score (nSPS) is 12.4. The second kappa shape index (κ2) is 9.60. The molecule has 0 aliphatic heterocycles. The second-order valence-electron chi connectivity index (χ2n) is 6.57. The molecule has 2 aromatic carbocycles. The predicted octanol–water partition coefficient (Wildman–Crippen LogP) is 6.22. The first-order valence-corrected chi connectivity index (χ1v) is 12.7. The predicted molar refractivity (Wildman–Crippen MR) is 131 cm³/mol. The van der Waals surface area contributed by atoms with E-state index < -0.39 is 20.5 Å². The first-order valence-electron chi connectivity index (χ1n) is 8.81. The number of carbonyl (C=O) groups excluding carboxylic acids is 1. The number of carbonyl (C=O) groups is 1. The SMILES string of the molecule is Cc1ccc(C(I)=C(C(=O)c2ccc([N+](=O)[O-])cc2)S(=O)(=O)Cc2ccc(Cl)cc2)s1. The molecule has 0 amide bonds. The largest absolute Gasteiger partial charge is 0.288 e. The molecule has 0 saturated heterocycles. The number of halogens is 2. The highest BCUT2D eigenvalue weighted by Crippen LogP contribution is 2.36. The number of aryl methyl sites for hydroxylation is 1. The number of nitrogens with zero attached hydrogens (tertiary/aromatic N) is 1. The number of nitro benzene ring substituents is 1. The summed E-state index contributed by atoms with van der Waals surface area (Å²) in [5.41, 5.74) is 0.363. The van der Waals surface area contributed by atoms with Gasteiger partial charge in [-0.05, 0) is 71.5 Å². The topological polar surface area (TPSA) is 94.3 Å². The Labute approximate surface area is 201 Å². The summed E-state index contributed by atoms with van der Waals surface area (Å²) in [5.74, 6) is -1.09. The molecule has 0 saturated carbocycles. The monoisotopic (exact) mass is 587 g/mol. The van der Waals surface area contributed by atoms with Crippen molar-refractivity contribution in [3.63, 3.8) is 0 Å². The summed E-state index contributed by atoms with van der Waals surface area (Å²) in [4.78, 5) is 24.9. The van der Waals surface area contributed by atoms with Crippen LogP contribution in [-0.4, -0.2) is 19.1 Å². The number of allylic oxidation sites excluding steroid dienone is 1. The van der Waals surface area contributed by atoms with Crippen molar-refractivity contribution in [1.82, 2.24) is 0 Å². The van der Waals surface area contributed by atoms with E-state index in [1.54, 1.807) is 30.3 Å². The van der Waals surface area contributed by atoms with Gasteiger partial charge in [0, 0.05) is 32.5 Å². The van der Waals surface area contributed by atoms with Crippen LogP contribution in [0.5, 0.6) is 0 Å². The summed E-state index contributed by atoms with van der Waals surface area (Å²) in [6.45, 7) is 1.89. The average Bonchev–Trinajstić information content (AvgIpc) is 3.16. The summed E-state index contributed by atoms with van der Waals surface area (Å²) in [6.07, 6.45) is 0. The Morgan fingerprint density at radius 3 is 2.19 bits per heavy atom. The lowest BCUT2D eigenvalue weighted by Crippen LogP contribution is -2.17. The Hall–Kier alpha value is -2.08. The van der Waals surface area contributed by atoms with E-state index in [0.717, 1.165) is 4.88 Å². The van der Waals surface area contributed by atoms with E-state index in [0.29, 0.717) is 19.0 Å². The van der Waals surface area contributed by atoms with Gasteiger partial charge in [-0.15, -0.1) is 11.3 Å². The number of rotatable bonds is 7. The number of sulfone groups is 1. The van der Waals surface area contributed by atoms with Crippen molar-refractivity contribution < 1.29 is 18.1 Å². The van der Waals surface area contributed by atoms with Crippen molar-refractivity contribution in [2.45, 2.75) is 12.7 Å². The van der Waals surface area contributed by atoms with E-state index in [9.17, 15) is 23.3 Å². The molecule has 0 radical (unpaired) electrons. The average molecular weight is 588 g/mol. The molecule has 0 atom stereocenters. The van der Waals surface area contributed by atoms with E-state index in [-0.39, 0.29) is 21.9 Å². The molecular formula is C21H15ClINO5S2. The van der Waals surface area contributed by atoms with Gasteiger partial charge in [0.25, 0.3) is 5.69 Å². The van der Waals surface area contributed by atoms with Gasteiger partial charge in [-0.1, -0.05) is 23.7 Å². The van der Waals surface area contributed by atoms with Gasteiger partial charge < -0.3 is 0 Å². The highest BCUT2D eigenvalue weighted by molar-refractivity contribution is 14.1. The van der Waals surface area contributed by atoms with Gasteiger partial charge in [0.05, 0.1) is 14.3 Å². The number of hydrogen-bond acceptors (Lipinski definition) is 6.